The zero-order chi connectivity index (χ0) is 14.1. The van der Waals surface area contributed by atoms with E-state index in [1.54, 1.807) is 4.90 Å². The quantitative estimate of drug-likeness (QED) is 0.638. The average Bonchev–Trinajstić information content (AvgIpc) is 2.65. The topological polar surface area (TPSA) is 48.0 Å². The summed E-state index contributed by atoms with van der Waals surface area (Å²) in [6.07, 6.45) is 4.32. The summed E-state index contributed by atoms with van der Waals surface area (Å²) in [5, 5.41) is 0. The minimum atomic E-state index is -0.719. The zero-order valence-electron chi connectivity index (χ0n) is 12.4. The van der Waals surface area contributed by atoms with Gasteiger partial charge in [-0.15, -0.1) is 0 Å². The van der Waals surface area contributed by atoms with Crippen molar-refractivity contribution < 1.29 is 19.3 Å². The number of likely N-dealkylation sites (tertiary alicyclic amines) is 1. The van der Waals surface area contributed by atoms with Gasteiger partial charge in [0.15, 0.2) is 11.8 Å². The molecule has 4 saturated heterocycles. The first-order valence-electron chi connectivity index (χ1n) is 7.76. The van der Waals surface area contributed by atoms with Crippen LogP contribution >= 0.6 is 0 Å². The molecule has 0 aromatic rings. The summed E-state index contributed by atoms with van der Waals surface area (Å²) in [6, 6.07) is 0. The van der Waals surface area contributed by atoms with Gasteiger partial charge in [-0.3, -0.25) is 4.79 Å². The molecule has 0 radical (unpaired) electrons. The smallest absolute Gasteiger partial charge is 0.224 e. The first-order chi connectivity index (χ1) is 9.46. The Morgan fingerprint density at radius 1 is 1.25 bits per heavy atom. The molecule has 5 aliphatic rings. The highest BCUT2D eigenvalue weighted by Gasteiger charge is 2.68. The minimum absolute atomic E-state index is 0.165. The monoisotopic (exact) mass is 281 g/mol. The summed E-state index contributed by atoms with van der Waals surface area (Å²) >= 11 is 0. The van der Waals surface area contributed by atoms with Crippen molar-refractivity contribution in [3.63, 3.8) is 0 Å². The predicted octanol–water partition coefficient (Wildman–Crippen LogP) is 2.06. The summed E-state index contributed by atoms with van der Waals surface area (Å²) in [6.45, 7) is 4.22. The molecular formula is C15H23NO4. The van der Waals surface area contributed by atoms with Crippen molar-refractivity contribution in [3.05, 3.63) is 0 Å². The van der Waals surface area contributed by atoms with E-state index in [-0.39, 0.29) is 18.1 Å². The lowest BCUT2D eigenvalue weighted by molar-refractivity contribution is -0.545. The third-order valence-corrected chi connectivity index (χ3v) is 6.06. The Labute approximate surface area is 119 Å². The number of hydrogen-bond donors (Lipinski definition) is 0. The van der Waals surface area contributed by atoms with Crippen LogP contribution in [0.2, 0.25) is 0 Å². The molecule has 1 aliphatic carbocycles. The second kappa shape index (κ2) is 3.96. The van der Waals surface area contributed by atoms with Gasteiger partial charge < -0.3 is 9.64 Å². The van der Waals surface area contributed by atoms with Crippen LogP contribution in [0.15, 0.2) is 0 Å². The number of fused-ring (bicyclic) bond motifs is 2. The zero-order valence-corrected chi connectivity index (χ0v) is 12.4. The maximum absolute atomic E-state index is 12.3. The third-order valence-electron chi connectivity index (χ3n) is 6.06. The summed E-state index contributed by atoms with van der Waals surface area (Å²) in [7, 11) is 1.84. The lowest BCUT2D eigenvalue weighted by Gasteiger charge is -2.59. The number of rotatable bonds is 0. The van der Waals surface area contributed by atoms with E-state index >= 15 is 0 Å². The number of amides is 1. The van der Waals surface area contributed by atoms with Crippen molar-refractivity contribution in [3.8, 4) is 0 Å². The predicted molar refractivity (Wildman–Crippen MR) is 70.2 cm³/mol. The lowest BCUT2D eigenvalue weighted by atomic mass is 9.59. The maximum Gasteiger partial charge on any atom is 0.224 e. The van der Waals surface area contributed by atoms with Gasteiger partial charge in [-0.1, -0.05) is 6.92 Å². The Kier molecular flexibility index (Phi) is 2.58. The van der Waals surface area contributed by atoms with Gasteiger partial charge in [0.05, 0.1) is 0 Å². The highest BCUT2D eigenvalue weighted by Crippen LogP contribution is 2.58. The van der Waals surface area contributed by atoms with Crippen LogP contribution in [0.25, 0.3) is 0 Å². The number of piperidine rings is 1. The lowest BCUT2D eigenvalue weighted by Crippen LogP contribution is -2.72. The molecule has 20 heavy (non-hydrogen) atoms. The van der Waals surface area contributed by atoms with E-state index in [0.29, 0.717) is 18.3 Å². The van der Waals surface area contributed by atoms with Gasteiger partial charge >= 0.3 is 0 Å². The molecule has 0 unspecified atom stereocenters. The molecule has 112 valence electrons. The van der Waals surface area contributed by atoms with Gasteiger partial charge in [0.1, 0.15) is 0 Å². The van der Waals surface area contributed by atoms with E-state index in [1.165, 1.54) is 6.42 Å². The second-order valence-electron chi connectivity index (χ2n) is 7.23. The summed E-state index contributed by atoms with van der Waals surface area (Å²) in [4.78, 5) is 25.7. The summed E-state index contributed by atoms with van der Waals surface area (Å²) in [5.74, 6) is 0.663. The molecule has 5 fully saturated rings. The SMILES string of the molecule is C[C@H]1CC[C@H]2CC(=O)N(C)[C@H]3O[C@@]4(C)CC[C@@H]1[C@]23OO4. The fourth-order valence-electron chi connectivity index (χ4n) is 4.86. The van der Waals surface area contributed by atoms with Gasteiger partial charge in [0.25, 0.3) is 0 Å². The Bertz CT molecular complexity index is 451. The standard InChI is InChI=1S/C15H23NO4/c1-9-4-5-10-8-12(17)16(3)13-15(10)11(9)6-7-14(2,18-13)19-20-15/h9-11,13H,4-8H2,1-3H3/t9-,10-,11-,13-,14+,15+/m0/s1. The number of ether oxygens (including phenoxy) is 1. The van der Waals surface area contributed by atoms with Crippen molar-refractivity contribution >= 4 is 5.91 Å². The van der Waals surface area contributed by atoms with E-state index in [1.807, 2.05) is 14.0 Å². The fraction of sp³-hybridized carbons (Fsp3) is 0.933. The van der Waals surface area contributed by atoms with Crippen LogP contribution in [0.1, 0.15) is 46.0 Å². The molecule has 5 heteroatoms. The highest BCUT2D eigenvalue weighted by molar-refractivity contribution is 5.78. The first kappa shape index (κ1) is 13.0. The Morgan fingerprint density at radius 2 is 2.05 bits per heavy atom. The molecule has 1 amide bonds. The van der Waals surface area contributed by atoms with Crippen LogP contribution in [0.3, 0.4) is 0 Å². The normalized spacial score (nSPS) is 54.5. The van der Waals surface area contributed by atoms with Crippen LogP contribution in [-0.2, 0) is 19.3 Å². The largest absolute Gasteiger partial charge is 0.321 e. The molecular weight excluding hydrogens is 258 g/mol. The van der Waals surface area contributed by atoms with Gasteiger partial charge in [-0.05, 0) is 38.0 Å². The van der Waals surface area contributed by atoms with Crippen LogP contribution in [0, 0.1) is 17.8 Å². The molecule has 5 nitrogen and oxygen atoms in total. The molecule has 1 saturated carbocycles. The molecule has 6 atom stereocenters. The number of carbonyl (C=O) groups is 1. The van der Waals surface area contributed by atoms with Crippen LogP contribution in [0.4, 0.5) is 0 Å². The van der Waals surface area contributed by atoms with Gasteiger partial charge in [-0.25, -0.2) is 9.78 Å². The van der Waals surface area contributed by atoms with Crippen molar-refractivity contribution in [1.82, 2.24) is 4.90 Å². The van der Waals surface area contributed by atoms with E-state index in [9.17, 15) is 4.79 Å². The molecule has 2 bridgehead atoms. The molecule has 0 N–H and O–H groups in total. The van der Waals surface area contributed by atoms with Crippen LogP contribution in [-0.4, -0.2) is 35.5 Å². The minimum Gasteiger partial charge on any atom is -0.321 e. The fourth-order valence-corrected chi connectivity index (χ4v) is 4.86. The number of likely N-dealkylation sites (N-methyl/N-ethyl adjacent to an activating group) is 1. The number of hydrogen-bond acceptors (Lipinski definition) is 4. The van der Waals surface area contributed by atoms with Gasteiger partial charge in [-0.2, -0.15) is 0 Å². The first-order valence-corrected chi connectivity index (χ1v) is 7.76. The van der Waals surface area contributed by atoms with E-state index < -0.39 is 11.4 Å². The highest BCUT2D eigenvalue weighted by atomic mass is 17.3. The third kappa shape index (κ3) is 1.46. The van der Waals surface area contributed by atoms with Crippen LogP contribution < -0.4 is 0 Å². The second-order valence-corrected chi connectivity index (χ2v) is 7.23. The molecule has 1 spiro atoms. The Morgan fingerprint density at radius 3 is 2.85 bits per heavy atom. The average molecular weight is 281 g/mol. The molecule has 0 aromatic carbocycles. The van der Waals surface area contributed by atoms with Crippen molar-refractivity contribution in [1.29, 1.82) is 0 Å². The Balaban J connectivity index is 1.85. The van der Waals surface area contributed by atoms with E-state index in [2.05, 4.69) is 6.92 Å². The van der Waals surface area contributed by atoms with Gasteiger partial charge in [0.2, 0.25) is 11.7 Å². The van der Waals surface area contributed by atoms with Gasteiger partial charge in [0, 0.05) is 25.8 Å². The van der Waals surface area contributed by atoms with E-state index in [4.69, 9.17) is 14.5 Å². The molecule has 4 aliphatic heterocycles. The Hall–Kier alpha value is -0.650. The van der Waals surface area contributed by atoms with Crippen molar-refractivity contribution in [2.75, 3.05) is 7.05 Å². The number of nitrogens with zero attached hydrogens (tertiary/aromatic N) is 1. The molecule has 5 rings (SSSR count). The summed E-state index contributed by atoms with van der Waals surface area (Å²) < 4.78 is 6.22. The van der Waals surface area contributed by atoms with Crippen LogP contribution in [0.5, 0.6) is 0 Å². The van der Waals surface area contributed by atoms with Crippen molar-refractivity contribution in [2.24, 2.45) is 17.8 Å². The maximum atomic E-state index is 12.3. The number of carbonyl (C=O) groups excluding carboxylic acids is 1. The summed E-state index contributed by atoms with van der Waals surface area (Å²) in [5.41, 5.74) is -0.462. The molecule has 4 heterocycles. The van der Waals surface area contributed by atoms with E-state index in [0.717, 1.165) is 19.3 Å². The molecule has 0 aromatic heterocycles. The van der Waals surface area contributed by atoms with Crippen molar-refractivity contribution in [2.45, 2.75) is 63.6 Å².